The quantitative estimate of drug-likeness (QED) is 0.705. The average Bonchev–Trinajstić information content (AvgIpc) is 3.28. The highest BCUT2D eigenvalue weighted by atomic mass is 16.6. The number of carbonyl (C=O) groups is 2. The van der Waals surface area contributed by atoms with Crippen molar-refractivity contribution in [3.8, 4) is 0 Å². The summed E-state index contributed by atoms with van der Waals surface area (Å²) in [7, 11) is 1.67. The fraction of sp³-hybridized carbons (Fsp3) is 0.727. The minimum absolute atomic E-state index is 0.158. The minimum Gasteiger partial charge on any atom is -0.462 e. The second-order valence-electron chi connectivity index (χ2n) is 8.71. The molecule has 1 atom stereocenters. The number of rotatable bonds is 6. The molecule has 2 amide bonds. The first-order valence-corrected chi connectivity index (χ1v) is 11.0. The molecule has 4 rings (SSSR count). The molecule has 1 aliphatic carbocycles. The van der Waals surface area contributed by atoms with E-state index in [9.17, 15) is 9.59 Å². The van der Waals surface area contributed by atoms with Crippen LogP contribution in [0.15, 0.2) is 16.5 Å². The van der Waals surface area contributed by atoms with Gasteiger partial charge < -0.3 is 23.7 Å². The van der Waals surface area contributed by atoms with Crippen LogP contribution >= 0.6 is 0 Å². The molecule has 8 heteroatoms. The van der Waals surface area contributed by atoms with Crippen molar-refractivity contribution in [2.75, 3.05) is 53.0 Å². The van der Waals surface area contributed by atoms with Gasteiger partial charge in [-0.3, -0.25) is 9.69 Å². The van der Waals surface area contributed by atoms with Crippen molar-refractivity contribution in [2.45, 2.75) is 39.3 Å². The van der Waals surface area contributed by atoms with Gasteiger partial charge in [0.05, 0.1) is 13.2 Å². The van der Waals surface area contributed by atoms with E-state index in [1.165, 1.54) is 0 Å². The van der Waals surface area contributed by atoms with Crippen LogP contribution in [0.1, 0.15) is 37.7 Å². The van der Waals surface area contributed by atoms with Gasteiger partial charge in [-0.2, -0.15) is 0 Å². The van der Waals surface area contributed by atoms with Crippen molar-refractivity contribution < 1.29 is 23.5 Å². The van der Waals surface area contributed by atoms with Crippen molar-refractivity contribution in [3.05, 3.63) is 23.7 Å². The van der Waals surface area contributed by atoms with Gasteiger partial charge in [-0.25, -0.2) is 4.79 Å². The summed E-state index contributed by atoms with van der Waals surface area (Å²) in [4.78, 5) is 30.9. The van der Waals surface area contributed by atoms with Crippen molar-refractivity contribution in [1.82, 2.24) is 14.7 Å². The van der Waals surface area contributed by atoms with Gasteiger partial charge >= 0.3 is 6.09 Å². The average molecular weight is 420 g/mol. The molecule has 0 bridgehead atoms. The number of furan rings is 1. The molecule has 1 aromatic heterocycles. The number of methoxy groups -OCH3 is 1. The van der Waals surface area contributed by atoms with Gasteiger partial charge in [-0.1, -0.05) is 0 Å². The first-order valence-electron chi connectivity index (χ1n) is 11.0. The lowest BCUT2D eigenvalue weighted by Crippen LogP contribution is -2.51. The van der Waals surface area contributed by atoms with Crippen LogP contribution in [0.5, 0.6) is 0 Å². The molecule has 3 heterocycles. The van der Waals surface area contributed by atoms with Crippen molar-refractivity contribution >= 4 is 12.0 Å². The van der Waals surface area contributed by atoms with Gasteiger partial charge in [0.2, 0.25) is 5.91 Å². The molecule has 2 saturated heterocycles. The van der Waals surface area contributed by atoms with Gasteiger partial charge in [0.25, 0.3) is 0 Å². The van der Waals surface area contributed by atoms with Crippen LogP contribution in [-0.4, -0.2) is 79.7 Å². The van der Waals surface area contributed by atoms with Crippen LogP contribution in [0, 0.1) is 11.3 Å². The zero-order valence-electron chi connectivity index (χ0n) is 18.1. The Balaban J connectivity index is 1.22. The highest BCUT2D eigenvalue weighted by Gasteiger charge is 2.59. The van der Waals surface area contributed by atoms with Crippen molar-refractivity contribution in [3.63, 3.8) is 0 Å². The Morgan fingerprint density at radius 1 is 1.07 bits per heavy atom. The summed E-state index contributed by atoms with van der Waals surface area (Å²) in [6, 6.07) is 4.00. The molecule has 1 aromatic rings. The third kappa shape index (κ3) is 4.49. The molecule has 0 unspecified atom stereocenters. The van der Waals surface area contributed by atoms with Crippen molar-refractivity contribution in [2.24, 2.45) is 11.3 Å². The summed E-state index contributed by atoms with van der Waals surface area (Å²) < 4.78 is 16.0. The number of ether oxygens (including phenoxy) is 2. The second-order valence-corrected chi connectivity index (χ2v) is 8.71. The first-order chi connectivity index (χ1) is 14.5. The lowest BCUT2D eigenvalue weighted by Gasteiger charge is -2.36. The maximum atomic E-state index is 13.0. The maximum Gasteiger partial charge on any atom is 0.409 e. The fourth-order valence-electron chi connectivity index (χ4n) is 4.90. The van der Waals surface area contributed by atoms with Gasteiger partial charge in [0.15, 0.2) is 0 Å². The molecule has 166 valence electrons. The third-order valence-electron chi connectivity index (χ3n) is 6.84. The predicted molar refractivity (Wildman–Crippen MR) is 110 cm³/mol. The number of hydrogen-bond acceptors (Lipinski definition) is 6. The van der Waals surface area contributed by atoms with E-state index in [2.05, 4.69) is 4.90 Å². The molecule has 1 saturated carbocycles. The van der Waals surface area contributed by atoms with Crippen molar-refractivity contribution in [1.29, 1.82) is 0 Å². The Labute approximate surface area is 178 Å². The molecule has 0 aromatic carbocycles. The van der Waals surface area contributed by atoms with Crippen LogP contribution in [0.4, 0.5) is 4.79 Å². The Morgan fingerprint density at radius 2 is 1.73 bits per heavy atom. The molecule has 30 heavy (non-hydrogen) atoms. The van der Waals surface area contributed by atoms with E-state index in [-0.39, 0.29) is 23.3 Å². The molecule has 1 spiro atoms. The molecule has 0 N–H and O–H groups in total. The molecular formula is C22H33N3O5. The summed E-state index contributed by atoms with van der Waals surface area (Å²) >= 11 is 0. The minimum atomic E-state index is -0.272. The summed E-state index contributed by atoms with van der Waals surface area (Å²) in [6.45, 7) is 7.85. The normalized spacial score (nSPS) is 23.6. The number of hydrogen-bond donors (Lipinski definition) is 0. The van der Waals surface area contributed by atoms with Gasteiger partial charge in [0, 0.05) is 39.2 Å². The Morgan fingerprint density at radius 3 is 2.40 bits per heavy atom. The van der Waals surface area contributed by atoms with Gasteiger partial charge in [0.1, 0.15) is 18.1 Å². The van der Waals surface area contributed by atoms with Crippen LogP contribution in [0.25, 0.3) is 0 Å². The van der Waals surface area contributed by atoms with E-state index in [1.54, 1.807) is 12.0 Å². The highest BCUT2D eigenvalue weighted by molar-refractivity contribution is 5.83. The smallest absolute Gasteiger partial charge is 0.409 e. The molecule has 8 nitrogen and oxygen atoms in total. The molecule has 3 aliphatic rings. The number of piperazine rings is 1. The summed E-state index contributed by atoms with van der Waals surface area (Å²) in [6.07, 6.45) is 2.87. The monoisotopic (exact) mass is 419 g/mol. The van der Waals surface area contributed by atoms with E-state index in [1.807, 2.05) is 24.0 Å². The van der Waals surface area contributed by atoms with Crippen LogP contribution in [-0.2, 0) is 27.4 Å². The molecule has 0 radical (unpaired) electrons. The SMILES string of the molecule is CCOC(=O)N1CCN(C(=O)[C@@H]2CC23CCN(Cc2ccc(COC)o2)CC3)CC1. The number of carbonyl (C=O) groups excluding carboxylic acids is 2. The molecule has 2 aliphatic heterocycles. The fourth-order valence-corrected chi connectivity index (χ4v) is 4.90. The number of piperidine rings is 1. The number of amides is 2. The number of nitrogens with zero attached hydrogens (tertiary/aromatic N) is 3. The standard InChI is InChI=1S/C22H33N3O5/c1-3-29-21(27)25-12-10-24(11-13-25)20(26)19-14-22(19)6-8-23(9-7-22)15-17-4-5-18(30-17)16-28-2/h4-5,19H,3,6-16H2,1-2H3/t19-/m0/s1. The second kappa shape index (κ2) is 8.98. The van der Waals surface area contributed by atoms with E-state index in [0.29, 0.717) is 39.4 Å². The first kappa shape index (κ1) is 21.2. The zero-order chi connectivity index (χ0) is 21.1. The molecule has 3 fully saturated rings. The zero-order valence-corrected chi connectivity index (χ0v) is 18.1. The Bertz CT molecular complexity index is 748. The van der Waals surface area contributed by atoms with Crippen LogP contribution in [0.2, 0.25) is 0 Å². The van der Waals surface area contributed by atoms with E-state index in [0.717, 1.165) is 50.4 Å². The Hall–Kier alpha value is -2.06. The third-order valence-corrected chi connectivity index (χ3v) is 6.84. The maximum absolute atomic E-state index is 13.0. The van der Waals surface area contributed by atoms with E-state index < -0.39 is 0 Å². The molecular weight excluding hydrogens is 386 g/mol. The van der Waals surface area contributed by atoms with E-state index >= 15 is 0 Å². The van der Waals surface area contributed by atoms with Crippen LogP contribution < -0.4 is 0 Å². The lowest BCUT2D eigenvalue weighted by atomic mass is 9.90. The Kier molecular flexibility index (Phi) is 6.34. The summed E-state index contributed by atoms with van der Waals surface area (Å²) in [5.74, 6) is 2.27. The summed E-state index contributed by atoms with van der Waals surface area (Å²) in [5.41, 5.74) is 0.191. The predicted octanol–water partition coefficient (Wildman–Crippen LogP) is 2.33. The largest absolute Gasteiger partial charge is 0.462 e. The van der Waals surface area contributed by atoms with E-state index in [4.69, 9.17) is 13.9 Å². The highest BCUT2D eigenvalue weighted by Crippen LogP contribution is 2.60. The van der Waals surface area contributed by atoms with Crippen LogP contribution in [0.3, 0.4) is 0 Å². The van der Waals surface area contributed by atoms with Gasteiger partial charge in [-0.15, -0.1) is 0 Å². The topological polar surface area (TPSA) is 75.5 Å². The summed E-state index contributed by atoms with van der Waals surface area (Å²) in [5, 5.41) is 0. The van der Waals surface area contributed by atoms with Gasteiger partial charge in [-0.05, 0) is 56.8 Å². The number of likely N-dealkylation sites (tertiary alicyclic amines) is 1. The lowest BCUT2D eigenvalue weighted by molar-refractivity contribution is -0.135.